The third kappa shape index (κ3) is 7.98. The Balaban J connectivity index is 1.20. The van der Waals surface area contributed by atoms with Crippen LogP contribution in [0, 0.1) is 23.7 Å². The summed E-state index contributed by atoms with van der Waals surface area (Å²) in [4.78, 5) is 29.6. The number of alkyl halides is 2. The molecule has 0 aromatic rings. The molecule has 0 aromatic carbocycles. The number of likely N-dealkylation sites (N-methyl/N-ethyl adjacent to an activating group) is 1. The van der Waals surface area contributed by atoms with Gasteiger partial charge in [-0.15, -0.1) is 16.4 Å². The van der Waals surface area contributed by atoms with Crippen molar-refractivity contribution in [1.82, 2.24) is 31.1 Å². The van der Waals surface area contributed by atoms with Gasteiger partial charge in [-0.05, 0) is 76.8 Å². The van der Waals surface area contributed by atoms with Gasteiger partial charge in [0.2, 0.25) is 21.8 Å². The number of piperidine rings is 1. The molecule has 6 atom stereocenters. The molecule has 0 aromatic heterocycles. The van der Waals surface area contributed by atoms with Gasteiger partial charge in [0.15, 0.2) is 0 Å². The van der Waals surface area contributed by atoms with E-state index in [1.165, 1.54) is 0 Å². The Morgan fingerprint density at radius 1 is 1.11 bits per heavy atom. The fraction of sp³-hybridized carbons (Fsp3) is 0.917. The van der Waals surface area contributed by atoms with Crippen LogP contribution < -0.4 is 26.2 Å². The summed E-state index contributed by atoms with van der Waals surface area (Å²) in [6.07, 6.45) is 3.97. The lowest BCUT2D eigenvalue weighted by molar-refractivity contribution is -0.129. The summed E-state index contributed by atoms with van der Waals surface area (Å²) in [7, 11) is -1.80. The van der Waals surface area contributed by atoms with Crippen LogP contribution in [-0.4, -0.2) is 87.9 Å². The van der Waals surface area contributed by atoms with Crippen molar-refractivity contribution in [3.05, 3.63) is 0 Å². The molecule has 0 radical (unpaired) electrons. The number of nitrogens with one attached hydrogen (secondary N) is 5. The number of sulfonamides is 1. The molecule has 6 unspecified atom stereocenters. The van der Waals surface area contributed by atoms with Gasteiger partial charge in [0.1, 0.15) is 6.17 Å². The number of carbonyl (C=O) groups is 2. The van der Waals surface area contributed by atoms with Crippen LogP contribution in [-0.2, 0) is 19.6 Å². The standard InChI is InChI=1S/C24H42ClFN6O4S/c1-32-12-21(28-14-32)17-9-19(22(26)20(25)10-17)24(34)30-31-37(35,36)13-15-4-6-18(7-5-15)29-23(33)16-3-2-8-27-11-16/h15-22,27-28,31H,2-14H2,1H3,(H,29,33)(H,30,34). The van der Waals surface area contributed by atoms with Gasteiger partial charge in [-0.25, -0.2) is 12.8 Å². The minimum Gasteiger partial charge on any atom is -0.353 e. The lowest BCUT2D eigenvalue weighted by Gasteiger charge is -2.37. The van der Waals surface area contributed by atoms with Gasteiger partial charge >= 0.3 is 0 Å². The fourth-order valence-corrected chi connectivity index (χ4v) is 8.00. The highest BCUT2D eigenvalue weighted by Gasteiger charge is 2.44. The third-order valence-electron chi connectivity index (χ3n) is 8.50. The molecule has 13 heteroatoms. The van der Waals surface area contributed by atoms with Crippen LogP contribution >= 0.6 is 11.6 Å². The van der Waals surface area contributed by atoms with Crippen LogP contribution in [0.2, 0.25) is 0 Å². The zero-order valence-electron chi connectivity index (χ0n) is 21.6. The lowest BCUT2D eigenvalue weighted by atomic mass is 9.76. The minimum absolute atomic E-state index is 0.00729. The Labute approximate surface area is 224 Å². The van der Waals surface area contributed by atoms with Crippen molar-refractivity contribution in [1.29, 1.82) is 0 Å². The number of carbonyl (C=O) groups excluding carboxylic acids is 2. The number of hydrogen-bond acceptors (Lipinski definition) is 7. The summed E-state index contributed by atoms with van der Waals surface area (Å²) in [5, 5.41) is 8.97. The number of hydrogen-bond donors (Lipinski definition) is 5. The van der Waals surface area contributed by atoms with Crippen LogP contribution in [0.15, 0.2) is 0 Å². The summed E-state index contributed by atoms with van der Waals surface area (Å²) in [6.45, 7) is 3.20. The number of amides is 2. The summed E-state index contributed by atoms with van der Waals surface area (Å²) in [6, 6.07) is 0.199. The van der Waals surface area contributed by atoms with Gasteiger partial charge in [-0.1, -0.05) is 0 Å². The molecule has 37 heavy (non-hydrogen) atoms. The molecule has 10 nitrogen and oxygen atoms in total. The summed E-state index contributed by atoms with van der Waals surface area (Å²) >= 11 is 6.26. The summed E-state index contributed by atoms with van der Waals surface area (Å²) in [5.74, 6) is -1.74. The van der Waals surface area contributed by atoms with Crippen LogP contribution in [0.4, 0.5) is 4.39 Å². The zero-order valence-corrected chi connectivity index (χ0v) is 23.1. The van der Waals surface area contributed by atoms with Crippen molar-refractivity contribution in [2.75, 3.05) is 39.1 Å². The quantitative estimate of drug-likeness (QED) is 0.214. The lowest BCUT2D eigenvalue weighted by Crippen LogP contribution is -2.52. The van der Waals surface area contributed by atoms with Crippen molar-refractivity contribution in [3.8, 4) is 0 Å². The van der Waals surface area contributed by atoms with Crippen molar-refractivity contribution >= 4 is 33.4 Å². The maximum atomic E-state index is 14.8. The van der Waals surface area contributed by atoms with E-state index in [0.717, 1.165) is 45.4 Å². The van der Waals surface area contributed by atoms with E-state index in [1.54, 1.807) is 0 Å². The molecule has 4 fully saturated rings. The third-order valence-corrected chi connectivity index (χ3v) is 10.2. The first-order valence-corrected chi connectivity index (χ1v) is 15.7. The first-order chi connectivity index (χ1) is 17.6. The fourth-order valence-electron chi connectivity index (χ4n) is 6.30. The topological polar surface area (TPSA) is 132 Å². The van der Waals surface area contributed by atoms with Gasteiger partial charge in [0.25, 0.3) is 0 Å². The molecule has 0 bridgehead atoms. The van der Waals surface area contributed by atoms with Crippen molar-refractivity contribution in [2.45, 2.75) is 75.0 Å². The molecule has 2 heterocycles. The highest BCUT2D eigenvalue weighted by atomic mass is 35.5. The highest BCUT2D eigenvalue weighted by Crippen LogP contribution is 2.37. The molecule has 4 rings (SSSR count). The average Bonchev–Trinajstić information content (AvgIpc) is 3.32. The molecule has 4 aliphatic rings. The molecule has 2 saturated heterocycles. The second kappa shape index (κ2) is 12.9. The second-order valence-electron chi connectivity index (χ2n) is 11.4. The van der Waals surface area contributed by atoms with Crippen molar-refractivity contribution < 1.29 is 22.4 Å². The van der Waals surface area contributed by atoms with E-state index < -0.39 is 33.4 Å². The SMILES string of the molecule is CN1CNC(C2CC(Cl)C(F)C(C(=O)NNS(=O)(=O)CC3CCC(NC(=O)C4CCCNC4)CC3)C2)C1. The molecular formula is C24H42ClFN6O4S. The van der Waals surface area contributed by atoms with Crippen LogP contribution in [0.1, 0.15) is 51.4 Å². The Morgan fingerprint density at radius 3 is 2.51 bits per heavy atom. The van der Waals surface area contributed by atoms with E-state index in [2.05, 4.69) is 31.1 Å². The first kappa shape index (κ1) is 28.9. The molecule has 2 amide bonds. The van der Waals surface area contributed by atoms with E-state index in [-0.39, 0.29) is 41.5 Å². The van der Waals surface area contributed by atoms with E-state index >= 15 is 0 Å². The first-order valence-electron chi connectivity index (χ1n) is 13.6. The Hall–Kier alpha value is -1.05. The average molecular weight is 565 g/mol. The molecule has 2 aliphatic carbocycles. The van der Waals surface area contributed by atoms with Gasteiger partial charge < -0.3 is 10.6 Å². The second-order valence-corrected chi connectivity index (χ2v) is 13.8. The van der Waals surface area contributed by atoms with E-state index in [4.69, 9.17) is 11.6 Å². The molecule has 5 N–H and O–H groups in total. The minimum atomic E-state index is -3.79. The number of rotatable bonds is 8. The number of halogens is 2. The van der Waals surface area contributed by atoms with Gasteiger partial charge in [-0.3, -0.25) is 25.2 Å². The summed E-state index contributed by atoms with van der Waals surface area (Å²) in [5.41, 5.74) is 2.26. The van der Waals surface area contributed by atoms with Crippen LogP contribution in [0.3, 0.4) is 0 Å². The van der Waals surface area contributed by atoms with Crippen molar-refractivity contribution in [3.63, 3.8) is 0 Å². The van der Waals surface area contributed by atoms with Gasteiger partial charge in [0.05, 0.1) is 23.0 Å². The Bertz CT molecular complexity index is 900. The Morgan fingerprint density at radius 2 is 1.86 bits per heavy atom. The van der Waals surface area contributed by atoms with E-state index in [9.17, 15) is 22.4 Å². The number of nitrogens with zero attached hydrogens (tertiary/aromatic N) is 1. The smallest absolute Gasteiger partial charge is 0.241 e. The zero-order chi connectivity index (χ0) is 26.6. The number of hydrazine groups is 1. The maximum absolute atomic E-state index is 14.8. The van der Waals surface area contributed by atoms with E-state index in [1.807, 2.05) is 7.05 Å². The van der Waals surface area contributed by atoms with Gasteiger partial charge in [-0.2, -0.15) is 0 Å². The van der Waals surface area contributed by atoms with E-state index in [0.29, 0.717) is 32.2 Å². The van der Waals surface area contributed by atoms with Crippen LogP contribution in [0.5, 0.6) is 0 Å². The predicted molar refractivity (Wildman–Crippen MR) is 140 cm³/mol. The molecule has 212 valence electrons. The molecule has 2 saturated carbocycles. The largest absolute Gasteiger partial charge is 0.353 e. The summed E-state index contributed by atoms with van der Waals surface area (Å²) < 4.78 is 40.2. The van der Waals surface area contributed by atoms with Crippen LogP contribution in [0.25, 0.3) is 0 Å². The highest BCUT2D eigenvalue weighted by molar-refractivity contribution is 7.89. The Kier molecular flexibility index (Phi) is 10.1. The predicted octanol–water partition coefficient (Wildman–Crippen LogP) is 0.444. The van der Waals surface area contributed by atoms with Crippen molar-refractivity contribution in [2.24, 2.45) is 23.7 Å². The monoisotopic (exact) mass is 564 g/mol. The normalized spacial score (nSPS) is 37.7. The molecule has 2 aliphatic heterocycles. The molecule has 0 spiro atoms. The van der Waals surface area contributed by atoms with Gasteiger partial charge in [0, 0.05) is 31.8 Å². The maximum Gasteiger partial charge on any atom is 0.241 e. The molecular weight excluding hydrogens is 523 g/mol.